The van der Waals surface area contributed by atoms with Gasteiger partial charge in [0, 0.05) is 23.9 Å². The van der Waals surface area contributed by atoms with Gasteiger partial charge in [0.1, 0.15) is 5.76 Å². The molecule has 0 aliphatic carbocycles. The first-order valence-corrected chi connectivity index (χ1v) is 6.00. The van der Waals surface area contributed by atoms with E-state index in [0.717, 1.165) is 18.7 Å². The Kier molecular flexibility index (Phi) is 3.59. The van der Waals surface area contributed by atoms with Crippen LogP contribution in [0.5, 0.6) is 0 Å². The van der Waals surface area contributed by atoms with Crippen LogP contribution in [-0.2, 0) is 13.0 Å². The molecule has 0 aromatic carbocycles. The van der Waals surface area contributed by atoms with Crippen molar-refractivity contribution in [2.24, 2.45) is 0 Å². The topological polar surface area (TPSA) is 25.2 Å². The molecule has 3 heteroatoms. The Hall–Kier alpha value is -1.06. The number of furan rings is 1. The zero-order chi connectivity index (χ0) is 10.5. The van der Waals surface area contributed by atoms with E-state index in [1.807, 2.05) is 12.1 Å². The van der Waals surface area contributed by atoms with Gasteiger partial charge in [-0.3, -0.25) is 0 Å². The van der Waals surface area contributed by atoms with Crippen LogP contribution < -0.4 is 5.32 Å². The zero-order valence-corrected chi connectivity index (χ0v) is 9.59. The molecule has 0 bridgehead atoms. The fourth-order valence-electron chi connectivity index (χ4n) is 1.49. The number of thiophene rings is 1. The Labute approximate surface area is 93.9 Å². The van der Waals surface area contributed by atoms with Gasteiger partial charge in [-0.05, 0) is 30.5 Å². The third-order valence-corrected chi connectivity index (χ3v) is 3.17. The molecular weight excluding hydrogens is 206 g/mol. The van der Waals surface area contributed by atoms with Crippen LogP contribution in [0.25, 0.3) is 0 Å². The van der Waals surface area contributed by atoms with Gasteiger partial charge in [-0.2, -0.15) is 0 Å². The predicted molar refractivity (Wildman–Crippen MR) is 63.0 cm³/mol. The van der Waals surface area contributed by atoms with E-state index in [9.17, 15) is 0 Å². The second kappa shape index (κ2) is 5.14. The summed E-state index contributed by atoms with van der Waals surface area (Å²) < 4.78 is 5.30. The predicted octanol–water partition coefficient (Wildman–Crippen LogP) is 3.06. The summed E-state index contributed by atoms with van der Waals surface area (Å²) in [6.45, 7) is 3.12. The van der Waals surface area contributed by atoms with Gasteiger partial charge in [-0.15, -0.1) is 11.3 Å². The van der Waals surface area contributed by atoms with E-state index in [4.69, 9.17) is 4.42 Å². The second-order valence-corrected chi connectivity index (χ2v) is 4.68. The molecule has 2 aromatic heterocycles. The van der Waals surface area contributed by atoms with Crippen molar-refractivity contribution < 1.29 is 4.42 Å². The summed E-state index contributed by atoms with van der Waals surface area (Å²) in [6, 6.07) is 8.62. The van der Waals surface area contributed by atoms with E-state index in [2.05, 4.69) is 29.8 Å². The van der Waals surface area contributed by atoms with Gasteiger partial charge in [0.15, 0.2) is 0 Å². The van der Waals surface area contributed by atoms with Crippen LogP contribution in [-0.4, -0.2) is 6.04 Å². The monoisotopic (exact) mass is 221 g/mol. The molecule has 1 atom stereocenters. The van der Waals surface area contributed by atoms with E-state index in [1.54, 1.807) is 17.6 Å². The van der Waals surface area contributed by atoms with Gasteiger partial charge in [0.05, 0.1) is 6.26 Å². The van der Waals surface area contributed by atoms with Crippen LogP contribution in [0.2, 0.25) is 0 Å². The summed E-state index contributed by atoms with van der Waals surface area (Å²) in [6.07, 6.45) is 2.67. The minimum atomic E-state index is 0.443. The maximum Gasteiger partial charge on any atom is 0.105 e. The highest BCUT2D eigenvalue weighted by molar-refractivity contribution is 7.09. The molecule has 1 unspecified atom stereocenters. The van der Waals surface area contributed by atoms with Crippen molar-refractivity contribution in [3.8, 4) is 0 Å². The standard InChI is InChI=1S/C12H15NOS/c1-10(8-11-4-2-6-14-11)13-9-12-5-3-7-15-12/h2-7,10,13H,8-9H2,1H3. The molecule has 0 spiro atoms. The Bertz CT molecular complexity index is 366. The molecular formula is C12H15NOS. The first-order valence-electron chi connectivity index (χ1n) is 5.13. The summed E-state index contributed by atoms with van der Waals surface area (Å²) in [5.74, 6) is 1.04. The minimum Gasteiger partial charge on any atom is -0.469 e. The largest absolute Gasteiger partial charge is 0.469 e. The molecule has 0 amide bonds. The molecule has 1 N–H and O–H groups in total. The molecule has 0 aliphatic rings. The van der Waals surface area contributed by atoms with Gasteiger partial charge in [0.25, 0.3) is 0 Å². The minimum absolute atomic E-state index is 0.443. The molecule has 2 nitrogen and oxygen atoms in total. The highest BCUT2D eigenvalue weighted by atomic mass is 32.1. The highest BCUT2D eigenvalue weighted by Crippen LogP contribution is 2.09. The lowest BCUT2D eigenvalue weighted by atomic mass is 10.2. The van der Waals surface area contributed by atoms with Crippen molar-refractivity contribution in [1.82, 2.24) is 5.32 Å². The first kappa shape index (κ1) is 10.5. The number of hydrogen-bond donors (Lipinski definition) is 1. The second-order valence-electron chi connectivity index (χ2n) is 3.64. The molecule has 80 valence electrons. The maximum atomic E-state index is 5.30. The third-order valence-electron chi connectivity index (χ3n) is 2.29. The average Bonchev–Trinajstić information content (AvgIpc) is 2.86. The van der Waals surface area contributed by atoms with E-state index < -0.39 is 0 Å². The van der Waals surface area contributed by atoms with Crippen molar-refractivity contribution in [2.75, 3.05) is 0 Å². The number of rotatable bonds is 5. The number of nitrogens with one attached hydrogen (secondary N) is 1. The van der Waals surface area contributed by atoms with E-state index in [1.165, 1.54) is 4.88 Å². The fourth-order valence-corrected chi connectivity index (χ4v) is 2.15. The summed E-state index contributed by atoms with van der Waals surface area (Å²) in [5, 5.41) is 5.58. The lowest BCUT2D eigenvalue weighted by Gasteiger charge is -2.11. The average molecular weight is 221 g/mol. The molecule has 0 fully saturated rings. The lowest BCUT2D eigenvalue weighted by Crippen LogP contribution is -2.26. The smallest absolute Gasteiger partial charge is 0.105 e. The van der Waals surface area contributed by atoms with Crippen LogP contribution >= 0.6 is 11.3 Å². The molecule has 0 radical (unpaired) electrons. The van der Waals surface area contributed by atoms with Crippen molar-refractivity contribution in [3.63, 3.8) is 0 Å². The molecule has 2 rings (SSSR count). The fraction of sp³-hybridized carbons (Fsp3) is 0.333. The van der Waals surface area contributed by atoms with E-state index >= 15 is 0 Å². The van der Waals surface area contributed by atoms with Crippen LogP contribution in [0, 0.1) is 0 Å². The van der Waals surface area contributed by atoms with Crippen molar-refractivity contribution in [3.05, 3.63) is 46.5 Å². The Morgan fingerprint density at radius 1 is 1.40 bits per heavy atom. The van der Waals surface area contributed by atoms with Gasteiger partial charge in [-0.25, -0.2) is 0 Å². The van der Waals surface area contributed by atoms with Gasteiger partial charge in [0.2, 0.25) is 0 Å². The van der Waals surface area contributed by atoms with Gasteiger partial charge in [-0.1, -0.05) is 6.07 Å². The van der Waals surface area contributed by atoms with Gasteiger partial charge >= 0.3 is 0 Å². The molecule has 15 heavy (non-hydrogen) atoms. The van der Waals surface area contributed by atoms with Crippen LogP contribution in [0.15, 0.2) is 40.3 Å². The van der Waals surface area contributed by atoms with Crippen molar-refractivity contribution in [2.45, 2.75) is 25.9 Å². The quantitative estimate of drug-likeness (QED) is 0.839. The van der Waals surface area contributed by atoms with Crippen molar-refractivity contribution in [1.29, 1.82) is 0 Å². The molecule has 2 aromatic rings. The summed E-state index contributed by atoms with van der Waals surface area (Å²) >= 11 is 1.79. The Morgan fingerprint density at radius 2 is 2.33 bits per heavy atom. The Balaban J connectivity index is 1.76. The lowest BCUT2D eigenvalue weighted by molar-refractivity contribution is 0.457. The number of hydrogen-bond acceptors (Lipinski definition) is 3. The normalized spacial score (nSPS) is 12.9. The van der Waals surface area contributed by atoms with Crippen LogP contribution in [0.4, 0.5) is 0 Å². The Morgan fingerprint density at radius 3 is 3.00 bits per heavy atom. The van der Waals surface area contributed by atoms with E-state index in [0.29, 0.717) is 6.04 Å². The summed E-state index contributed by atoms with van der Waals surface area (Å²) in [4.78, 5) is 1.38. The van der Waals surface area contributed by atoms with Crippen molar-refractivity contribution >= 4 is 11.3 Å². The summed E-state index contributed by atoms with van der Waals surface area (Å²) in [7, 11) is 0. The van der Waals surface area contributed by atoms with Gasteiger partial charge < -0.3 is 9.73 Å². The third kappa shape index (κ3) is 3.22. The molecule has 0 saturated heterocycles. The zero-order valence-electron chi connectivity index (χ0n) is 8.77. The molecule has 0 aliphatic heterocycles. The van der Waals surface area contributed by atoms with Crippen LogP contribution in [0.1, 0.15) is 17.6 Å². The van der Waals surface area contributed by atoms with Crippen LogP contribution in [0.3, 0.4) is 0 Å². The SMILES string of the molecule is CC(Cc1ccco1)NCc1cccs1. The highest BCUT2D eigenvalue weighted by Gasteiger charge is 2.05. The molecule has 0 saturated carbocycles. The summed E-state index contributed by atoms with van der Waals surface area (Å²) in [5.41, 5.74) is 0. The maximum absolute atomic E-state index is 5.30. The van der Waals surface area contributed by atoms with E-state index in [-0.39, 0.29) is 0 Å². The first-order chi connectivity index (χ1) is 7.34. The molecule has 2 heterocycles.